The summed E-state index contributed by atoms with van der Waals surface area (Å²) in [5, 5.41) is 3.69. The van der Waals surface area contributed by atoms with Gasteiger partial charge in [0.25, 0.3) is 0 Å². The van der Waals surface area contributed by atoms with Crippen LogP contribution in [-0.4, -0.2) is 36.6 Å². The molecule has 0 saturated carbocycles. The van der Waals surface area contributed by atoms with Crippen LogP contribution in [0.2, 0.25) is 0 Å². The first-order valence-electron chi connectivity index (χ1n) is 6.33. The standard InChI is InChI=1S/C12H24N2/c1-11-6-5-9-14(11)10-12-7-3-2-4-8-13-12/h11-13H,2-10H2,1H3. The molecule has 2 saturated heterocycles. The normalized spacial score (nSPS) is 35.8. The summed E-state index contributed by atoms with van der Waals surface area (Å²) in [4.78, 5) is 2.67. The molecule has 0 aromatic rings. The largest absolute Gasteiger partial charge is 0.313 e. The van der Waals surface area contributed by atoms with Crippen LogP contribution in [0.1, 0.15) is 45.4 Å². The maximum Gasteiger partial charge on any atom is 0.0195 e. The van der Waals surface area contributed by atoms with E-state index in [0.29, 0.717) is 0 Å². The Balaban J connectivity index is 1.77. The van der Waals surface area contributed by atoms with E-state index in [0.717, 1.165) is 12.1 Å². The topological polar surface area (TPSA) is 15.3 Å². The molecule has 2 unspecified atom stereocenters. The fraction of sp³-hybridized carbons (Fsp3) is 1.00. The van der Waals surface area contributed by atoms with Crippen LogP contribution in [0.15, 0.2) is 0 Å². The minimum Gasteiger partial charge on any atom is -0.313 e. The van der Waals surface area contributed by atoms with Crippen molar-refractivity contribution >= 4 is 0 Å². The van der Waals surface area contributed by atoms with Crippen molar-refractivity contribution in [3.63, 3.8) is 0 Å². The van der Waals surface area contributed by atoms with Gasteiger partial charge in [0, 0.05) is 18.6 Å². The molecule has 1 N–H and O–H groups in total. The molecule has 2 aliphatic rings. The first-order valence-corrected chi connectivity index (χ1v) is 6.33. The van der Waals surface area contributed by atoms with E-state index in [4.69, 9.17) is 0 Å². The summed E-state index contributed by atoms with van der Waals surface area (Å²) in [7, 11) is 0. The van der Waals surface area contributed by atoms with Crippen molar-refractivity contribution in [3.05, 3.63) is 0 Å². The zero-order valence-electron chi connectivity index (χ0n) is 9.47. The summed E-state index contributed by atoms with van der Waals surface area (Å²) in [5.41, 5.74) is 0. The van der Waals surface area contributed by atoms with Gasteiger partial charge < -0.3 is 5.32 Å². The first kappa shape index (κ1) is 10.4. The Hall–Kier alpha value is -0.0800. The molecule has 0 spiro atoms. The maximum absolute atomic E-state index is 3.69. The highest BCUT2D eigenvalue weighted by molar-refractivity contribution is 4.81. The molecular formula is C12H24N2. The van der Waals surface area contributed by atoms with Gasteiger partial charge in [-0.2, -0.15) is 0 Å². The van der Waals surface area contributed by atoms with Gasteiger partial charge in [-0.25, -0.2) is 0 Å². The monoisotopic (exact) mass is 196 g/mol. The number of nitrogens with zero attached hydrogens (tertiary/aromatic N) is 1. The van der Waals surface area contributed by atoms with E-state index in [2.05, 4.69) is 17.1 Å². The Bertz CT molecular complexity index is 162. The van der Waals surface area contributed by atoms with E-state index in [-0.39, 0.29) is 0 Å². The maximum atomic E-state index is 3.69. The Morgan fingerprint density at radius 1 is 1.14 bits per heavy atom. The van der Waals surface area contributed by atoms with Gasteiger partial charge in [-0.3, -0.25) is 4.90 Å². The van der Waals surface area contributed by atoms with E-state index >= 15 is 0 Å². The highest BCUT2D eigenvalue weighted by atomic mass is 15.2. The Kier molecular flexibility index (Phi) is 3.82. The molecule has 0 radical (unpaired) electrons. The molecule has 2 rings (SSSR count). The molecular weight excluding hydrogens is 172 g/mol. The van der Waals surface area contributed by atoms with Crippen LogP contribution in [0, 0.1) is 0 Å². The van der Waals surface area contributed by atoms with Gasteiger partial charge in [0.2, 0.25) is 0 Å². The zero-order valence-corrected chi connectivity index (χ0v) is 9.47. The van der Waals surface area contributed by atoms with Crippen molar-refractivity contribution in [3.8, 4) is 0 Å². The van der Waals surface area contributed by atoms with Crippen LogP contribution in [0.5, 0.6) is 0 Å². The van der Waals surface area contributed by atoms with Crippen molar-refractivity contribution in [1.29, 1.82) is 0 Å². The van der Waals surface area contributed by atoms with Crippen molar-refractivity contribution in [2.75, 3.05) is 19.6 Å². The van der Waals surface area contributed by atoms with Crippen LogP contribution >= 0.6 is 0 Å². The molecule has 82 valence electrons. The van der Waals surface area contributed by atoms with Crippen LogP contribution in [-0.2, 0) is 0 Å². The minimum absolute atomic E-state index is 0.776. The lowest BCUT2D eigenvalue weighted by Crippen LogP contribution is -2.41. The molecule has 0 amide bonds. The van der Waals surface area contributed by atoms with Crippen LogP contribution in [0.25, 0.3) is 0 Å². The van der Waals surface area contributed by atoms with E-state index in [1.165, 1.54) is 58.2 Å². The predicted molar refractivity (Wildman–Crippen MR) is 60.5 cm³/mol. The van der Waals surface area contributed by atoms with Crippen molar-refractivity contribution in [1.82, 2.24) is 10.2 Å². The smallest absolute Gasteiger partial charge is 0.0195 e. The fourth-order valence-electron chi connectivity index (χ4n) is 2.80. The molecule has 0 bridgehead atoms. The predicted octanol–water partition coefficient (Wildman–Crippen LogP) is 2.00. The molecule has 2 nitrogen and oxygen atoms in total. The van der Waals surface area contributed by atoms with Gasteiger partial charge in [-0.1, -0.05) is 12.8 Å². The third-order valence-corrected chi connectivity index (χ3v) is 3.81. The lowest BCUT2D eigenvalue weighted by atomic mass is 10.1. The van der Waals surface area contributed by atoms with Crippen LogP contribution in [0.3, 0.4) is 0 Å². The first-order chi connectivity index (χ1) is 6.86. The third kappa shape index (κ3) is 2.71. The van der Waals surface area contributed by atoms with Gasteiger partial charge in [-0.15, -0.1) is 0 Å². The highest BCUT2D eigenvalue weighted by Gasteiger charge is 2.23. The molecule has 2 heterocycles. The average Bonchev–Trinajstić information content (AvgIpc) is 2.44. The van der Waals surface area contributed by atoms with E-state index in [9.17, 15) is 0 Å². The number of nitrogens with one attached hydrogen (secondary N) is 1. The molecule has 0 aromatic carbocycles. The highest BCUT2D eigenvalue weighted by Crippen LogP contribution is 2.18. The number of hydrogen-bond acceptors (Lipinski definition) is 2. The van der Waals surface area contributed by atoms with Gasteiger partial charge in [0.1, 0.15) is 0 Å². The summed E-state index contributed by atoms with van der Waals surface area (Å²) < 4.78 is 0. The summed E-state index contributed by atoms with van der Waals surface area (Å²) >= 11 is 0. The van der Waals surface area contributed by atoms with Gasteiger partial charge >= 0.3 is 0 Å². The average molecular weight is 196 g/mol. The summed E-state index contributed by atoms with van der Waals surface area (Å²) in [6, 6.07) is 1.61. The molecule has 2 heteroatoms. The molecule has 0 aliphatic carbocycles. The van der Waals surface area contributed by atoms with Crippen molar-refractivity contribution in [2.24, 2.45) is 0 Å². The van der Waals surface area contributed by atoms with E-state index < -0.39 is 0 Å². The SMILES string of the molecule is CC1CCCN1CC1CCCCCN1. The van der Waals surface area contributed by atoms with Gasteiger partial charge in [-0.05, 0) is 45.7 Å². The summed E-state index contributed by atoms with van der Waals surface area (Å²) in [6.45, 7) is 6.25. The fourth-order valence-corrected chi connectivity index (χ4v) is 2.80. The van der Waals surface area contributed by atoms with Crippen LogP contribution < -0.4 is 5.32 Å². The molecule has 14 heavy (non-hydrogen) atoms. The number of likely N-dealkylation sites (tertiary alicyclic amines) is 1. The van der Waals surface area contributed by atoms with Crippen molar-refractivity contribution in [2.45, 2.75) is 57.5 Å². The molecule has 2 fully saturated rings. The van der Waals surface area contributed by atoms with Crippen molar-refractivity contribution < 1.29 is 0 Å². The Morgan fingerprint density at radius 2 is 2.07 bits per heavy atom. The molecule has 0 aromatic heterocycles. The third-order valence-electron chi connectivity index (χ3n) is 3.81. The number of rotatable bonds is 2. The second kappa shape index (κ2) is 5.13. The minimum atomic E-state index is 0.776. The Morgan fingerprint density at radius 3 is 2.86 bits per heavy atom. The second-order valence-corrected chi connectivity index (χ2v) is 4.99. The lowest BCUT2D eigenvalue weighted by Gasteiger charge is -2.26. The van der Waals surface area contributed by atoms with E-state index in [1.54, 1.807) is 0 Å². The van der Waals surface area contributed by atoms with E-state index in [1.807, 2.05) is 0 Å². The second-order valence-electron chi connectivity index (χ2n) is 4.99. The zero-order chi connectivity index (χ0) is 9.80. The lowest BCUT2D eigenvalue weighted by molar-refractivity contribution is 0.234. The molecule has 2 aliphatic heterocycles. The number of hydrogen-bond donors (Lipinski definition) is 1. The summed E-state index contributed by atoms with van der Waals surface area (Å²) in [6.07, 6.45) is 8.45. The van der Waals surface area contributed by atoms with Gasteiger partial charge in [0.15, 0.2) is 0 Å². The van der Waals surface area contributed by atoms with Gasteiger partial charge in [0.05, 0.1) is 0 Å². The van der Waals surface area contributed by atoms with Crippen LogP contribution in [0.4, 0.5) is 0 Å². The Labute approximate surface area is 88.1 Å². The quantitative estimate of drug-likeness (QED) is 0.727. The summed E-state index contributed by atoms with van der Waals surface area (Å²) in [5.74, 6) is 0. The molecule has 2 atom stereocenters.